The van der Waals surface area contributed by atoms with Gasteiger partial charge in [0.2, 0.25) is 0 Å². The van der Waals surface area contributed by atoms with Crippen LogP contribution in [0, 0.1) is 0 Å². The van der Waals surface area contributed by atoms with E-state index in [1.165, 1.54) is 5.56 Å². The highest BCUT2D eigenvalue weighted by molar-refractivity contribution is 14.0. The predicted octanol–water partition coefficient (Wildman–Crippen LogP) is 2.39. The number of anilines is 1. The van der Waals surface area contributed by atoms with Crippen LogP contribution in [0.1, 0.15) is 18.9 Å². The van der Waals surface area contributed by atoms with E-state index in [1.807, 2.05) is 0 Å². The van der Waals surface area contributed by atoms with Crippen molar-refractivity contribution >= 4 is 35.6 Å². The quantitative estimate of drug-likeness (QED) is 0.156. The number of hydrogen-bond donors (Lipinski definition) is 3. The Balaban J connectivity index is 0.00000729. The third-order valence-electron chi connectivity index (χ3n) is 4.03. The number of likely N-dealkylation sites (N-methyl/N-ethyl adjacent to an activating group) is 1. The van der Waals surface area contributed by atoms with Crippen LogP contribution < -0.4 is 16.0 Å². The average Bonchev–Trinajstić information content (AvgIpc) is 2.67. The minimum atomic E-state index is 0. The van der Waals surface area contributed by atoms with Gasteiger partial charge in [-0.2, -0.15) is 0 Å². The molecule has 0 atom stereocenters. The summed E-state index contributed by atoms with van der Waals surface area (Å²) in [6, 6.07) is 8.36. The fourth-order valence-corrected chi connectivity index (χ4v) is 2.49. The molecule has 7 nitrogen and oxygen atoms in total. The molecule has 0 unspecified atom stereocenters. The number of nitrogens with one attached hydrogen (secondary N) is 3. The van der Waals surface area contributed by atoms with Gasteiger partial charge in [-0.1, -0.05) is 12.1 Å². The molecule has 0 aliphatic rings. The van der Waals surface area contributed by atoms with Gasteiger partial charge in [0.1, 0.15) is 0 Å². The van der Waals surface area contributed by atoms with Crippen molar-refractivity contribution in [3.63, 3.8) is 0 Å². The number of halogens is 1. The van der Waals surface area contributed by atoms with Crippen LogP contribution in [0.25, 0.3) is 0 Å². The first-order chi connectivity index (χ1) is 13.2. The molecule has 0 aromatic heterocycles. The molecule has 28 heavy (non-hydrogen) atoms. The van der Waals surface area contributed by atoms with Crippen molar-refractivity contribution in [2.75, 3.05) is 72.5 Å². The standard InChI is InChI=1S/C20H37N5O2.HI/c1-5-21-20(23-11-14-25(2)13-6-15-26-3)24-17-18-7-9-19(10-8-18)22-12-16-27-4;/h7-10,22H,5-6,11-17H2,1-4H3,(H2,21,23,24);1H. The van der Waals surface area contributed by atoms with E-state index in [0.29, 0.717) is 13.2 Å². The molecule has 0 aliphatic heterocycles. The first-order valence-electron chi connectivity index (χ1n) is 9.71. The number of methoxy groups -OCH3 is 2. The highest BCUT2D eigenvalue weighted by atomic mass is 127. The largest absolute Gasteiger partial charge is 0.385 e. The van der Waals surface area contributed by atoms with Crippen LogP contribution in [-0.4, -0.2) is 78.1 Å². The van der Waals surface area contributed by atoms with Crippen molar-refractivity contribution in [1.29, 1.82) is 0 Å². The van der Waals surface area contributed by atoms with Gasteiger partial charge in [-0.15, -0.1) is 24.0 Å². The second-order valence-electron chi connectivity index (χ2n) is 6.39. The molecule has 1 rings (SSSR count). The van der Waals surface area contributed by atoms with E-state index in [0.717, 1.165) is 57.4 Å². The molecule has 0 spiro atoms. The van der Waals surface area contributed by atoms with E-state index in [1.54, 1.807) is 14.2 Å². The molecular weight excluding hydrogens is 469 g/mol. The minimum Gasteiger partial charge on any atom is -0.385 e. The second kappa shape index (κ2) is 18.0. The Morgan fingerprint density at radius 1 is 1.00 bits per heavy atom. The molecule has 1 aromatic carbocycles. The fraction of sp³-hybridized carbons (Fsp3) is 0.650. The highest BCUT2D eigenvalue weighted by Crippen LogP contribution is 2.10. The van der Waals surface area contributed by atoms with Gasteiger partial charge in [0.25, 0.3) is 0 Å². The maximum atomic E-state index is 5.09. The lowest BCUT2D eigenvalue weighted by molar-refractivity contribution is 0.180. The van der Waals surface area contributed by atoms with E-state index < -0.39 is 0 Å². The van der Waals surface area contributed by atoms with E-state index >= 15 is 0 Å². The minimum absolute atomic E-state index is 0. The maximum absolute atomic E-state index is 5.09. The lowest BCUT2D eigenvalue weighted by Crippen LogP contribution is -2.41. The van der Waals surface area contributed by atoms with E-state index in [2.05, 4.69) is 64.1 Å². The van der Waals surface area contributed by atoms with E-state index in [4.69, 9.17) is 9.47 Å². The zero-order valence-corrected chi connectivity index (χ0v) is 20.1. The van der Waals surface area contributed by atoms with Gasteiger partial charge in [0.15, 0.2) is 5.96 Å². The van der Waals surface area contributed by atoms with Gasteiger partial charge in [-0.25, -0.2) is 4.99 Å². The Morgan fingerprint density at radius 3 is 2.36 bits per heavy atom. The van der Waals surface area contributed by atoms with Crippen molar-refractivity contribution in [1.82, 2.24) is 15.5 Å². The van der Waals surface area contributed by atoms with Crippen molar-refractivity contribution in [3.05, 3.63) is 29.8 Å². The Labute approximate surface area is 187 Å². The number of ether oxygens (including phenoxy) is 2. The molecule has 1 aromatic rings. The molecule has 0 amide bonds. The summed E-state index contributed by atoms with van der Waals surface area (Å²) in [5.74, 6) is 0.852. The number of benzene rings is 1. The van der Waals surface area contributed by atoms with Gasteiger partial charge >= 0.3 is 0 Å². The molecule has 0 heterocycles. The molecular formula is C20H38IN5O2. The normalized spacial score (nSPS) is 11.2. The summed E-state index contributed by atoms with van der Waals surface area (Å²) in [4.78, 5) is 6.97. The third kappa shape index (κ3) is 13.1. The van der Waals surface area contributed by atoms with Crippen molar-refractivity contribution in [2.45, 2.75) is 19.9 Å². The van der Waals surface area contributed by atoms with Crippen LogP contribution in [0.15, 0.2) is 29.3 Å². The van der Waals surface area contributed by atoms with Crippen LogP contribution in [0.4, 0.5) is 5.69 Å². The monoisotopic (exact) mass is 507 g/mol. The van der Waals surface area contributed by atoms with Crippen LogP contribution >= 0.6 is 24.0 Å². The summed E-state index contributed by atoms with van der Waals surface area (Å²) in [6.45, 7) is 8.75. The van der Waals surface area contributed by atoms with Gasteiger partial charge in [0, 0.05) is 59.2 Å². The van der Waals surface area contributed by atoms with Crippen molar-refractivity contribution in [2.24, 2.45) is 4.99 Å². The molecule has 162 valence electrons. The van der Waals surface area contributed by atoms with Gasteiger partial charge in [-0.05, 0) is 38.1 Å². The molecule has 3 N–H and O–H groups in total. The summed E-state index contributed by atoms with van der Waals surface area (Å²) in [5.41, 5.74) is 2.28. The number of guanidine groups is 1. The lowest BCUT2D eigenvalue weighted by Gasteiger charge is -2.18. The Hall–Kier alpha value is -1.10. The van der Waals surface area contributed by atoms with Crippen LogP contribution in [0.5, 0.6) is 0 Å². The second-order valence-corrected chi connectivity index (χ2v) is 6.39. The van der Waals surface area contributed by atoms with Crippen molar-refractivity contribution in [3.8, 4) is 0 Å². The zero-order chi connectivity index (χ0) is 19.7. The van der Waals surface area contributed by atoms with Crippen molar-refractivity contribution < 1.29 is 9.47 Å². The molecule has 0 radical (unpaired) electrons. The number of hydrogen-bond acceptors (Lipinski definition) is 5. The summed E-state index contributed by atoms with van der Waals surface area (Å²) >= 11 is 0. The molecule has 0 bridgehead atoms. The first-order valence-corrected chi connectivity index (χ1v) is 9.71. The van der Waals surface area contributed by atoms with Crippen LogP contribution in [-0.2, 0) is 16.0 Å². The highest BCUT2D eigenvalue weighted by Gasteiger charge is 2.01. The topological polar surface area (TPSA) is 70.2 Å². The van der Waals surface area contributed by atoms with E-state index in [-0.39, 0.29) is 24.0 Å². The third-order valence-corrected chi connectivity index (χ3v) is 4.03. The maximum Gasteiger partial charge on any atom is 0.191 e. The number of rotatable bonds is 14. The molecule has 0 aliphatic carbocycles. The zero-order valence-electron chi connectivity index (χ0n) is 17.8. The van der Waals surface area contributed by atoms with E-state index in [9.17, 15) is 0 Å². The van der Waals surface area contributed by atoms with Crippen LogP contribution in [0.3, 0.4) is 0 Å². The number of aliphatic imine (C=N–C) groups is 1. The summed E-state index contributed by atoms with van der Waals surface area (Å²) in [7, 11) is 5.58. The summed E-state index contributed by atoms with van der Waals surface area (Å²) in [6.07, 6.45) is 1.05. The predicted molar refractivity (Wildman–Crippen MR) is 129 cm³/mol. The smallest absolute Gasteiger partial charge is 0.191 e. The van der Waals surface area contributed by atoms with Gasteiger partial charge in [0.05, 0.1) is 13.2 Å². The van der Waals surface area contributed by atoms with Gasteiger partial charge in [-0.3, -0.25) is 0 Å². The number of nitrogens with zero attached hydrogens (tertiary/aromatic N) is 2. The first kappa shape index (κ1) is 26.9. The Bertz CT molecular complexity index is 514. The van der Waals surface area contributed by atoms with Crippen LogP contribution in [0.2, 0.25) is 0 Å². The fourth-order valence-electron chi connectivity index (χ4n) is 2.49. The van der Waals surface area contributed by atoms with Gasteiger partial charge < -0.3 is 30.3 Å². The molecule has 0 saturated carbocycles. The molecule has 8 heteroatoms. The summed E-state index contributed by atoms with van der Waals surface area (Å²) < 4.78 is 10.1. The average molecular weight is 507 g/mol. The SMILES string of the molecule is CCNC(=NCc1ccc(NCCOC)cc1)NCCN(C)CCCOC.I. The molecule has 0 fully saturated rings. The Morgan fingerprint density at radius 2 is 1.71 bits per heavy atom. The lowest BCUT2D eigenvalue weighted by atomic mass is 10.2. The summed E-state index contributed by atoms with van der Waals surface area (Å²) in [5, 5.41) is 10.0. The Kier molecular flexibility index (Phi) is 17.3. The molecule has 0 saturated heterocycles.